The maximum atomic E-state index is 4.62. The van der Waals surface area contributed by atoms with E-state index in [2.05, 4.69) is 25.8 Å². The lowest BCUT2D eigenvalue weighted by Gasteiger charge is -2.01. The molecule has 0 saturated heterocycles. The Morgan fingerprint density at radius 3 is 2.60 bits per heavy atom. The molecule has 58 valence electrons. The molecule has 0 amide bonds. The van der Waals surface area contributed by atoms with Gasteiger partial charge in [0.05, 0.1) is 0 Å². The first-order chi connectivity index (χ1) is 4.74. The Bertz CT molecular complexity index is 136. The van der Waals surface area contributed by atoms with E-state index in [1.807, 2.05) is 0 Å². The molecule has 0 radical (unpaired) electrons. The van der Waals surface area contributed by atoms with Crippen LogP contribution in [-0.4, -0.2) is 11.8 Å². The zero-order valence-electron chi connectivity index (χ0n) is 7.22. The average molecular weight is 139 g/mol. The van der Waals surface area contributed by atoms with Crippen LogP contribution in [0.5, 0.6) is 0 Å². The first kappa shape index (κ1) is 7.77. The van der Waals surface area contributed by atoms with E-state index in [0.717, 1.165) is 0 Å². The van der Waals surface area contributed by atoms with E-state index in [1.54, 1.807) is 0 Å². The standard InChI is InChI=1S/C9H17N/c1-4-8-5-6-9(10-8)7(2)3/h7-8H,4-6H2,1-3H3. The molecule has 1 heteroatoms. The van der Waals surface area contributed by atoms with E-state index in [0.29, 0.717) is 12.0 Å². The van der Waals surface area contributed by atoms with Crippen molar-refractivity contribution in [2.24, 2.45) is 10.9 Å². The van der Waals surface area contributed by atoms with Crippen molar-refractivity contribution in [3.63, 3.8) is 0 Å². The molecule has 1 unspecified atom stereocenters. The normalized spacial score (nSPS) is 25.6. The van der Waals surface area contributed by atoms with Crippen molar-refractivity contribution in [3.8, 4) is 0 Å². The van der Waals surface area contributed by atoms with Crippen molar-refractivity contribution >= 4 is 5.71 Å². The predicted octanol–water partition coefficient (Wildman–Crippen LogP) is 2.66. The average Bonchev–Trinajstić information content (AvgIpc) is 2.34. The maximum Gasteiger partial charge on any atom is 0.0500 e. The van der Waals surface area contributed by atoms with Crippen molar-refractivity contribution in [2.75, 3.05) is 0 Å². The minimum atomic E-state index is 0.650. The van der Waals surface area contributed by atoms with Gasteiger partial charge >= 0.3 is 0 Å². The molecule has 0 aliphatic carbocycles. The number of hydrogen-bond donors (Lipinski definition) is 0. The molecule has 0 aromatic heterocycles. The topological polar surface area (TPSA) is 12.4 Å². The summed E-state index contributed by atoms with van der Waals surface area (Å²) in [5, 5.41) is 0. The monoisotopic (exact) mass is 139 g/mol. The van der Waals surface area contributed by atoms with Gasteiger partial charge in [0, 0.05) is 11.8 Å². The van der Waals surface area contributed by atoms with Gasteiger partial charge in [0.1, 0.15) is 0 Å². The molecular weight excluding hydrogens is 122 g/mol. The summed E-state index contributed by atoms with van der Waals surface area (Å²) in [6, 6.07) is 0.650. The van der Waals surface area contributed by atoms with Gasteiger partial charge in [-0.1, -0.05) is 20.8 Å². The molecule has 1 rings (SSSR count). The SMILES string of the molecule is CCC1CCC(C(C)C)=N1. The van der Waals surface area contributed by atoms with Crippen LogP contribution in [0.1, 0.15) is 40.0 Å². The van der Waals surface area contributed by atoms with Crippen molar-refractivity contribution in [1.29, 1.82) is 0 Å². The highest BCUT2D eigenvalue weighted by Gasteiger charge is 2.16. The highest BCUT2D eigenvalue weighted by Crippen LogP contribution is 2.19. The summed E-state index contributed by atoms with van der Waals surface area (Å²) in [5.41, 5.74) is 1.44. The second-order valence-corrected chi connectivity index (χ2v) is 3.38. The Labute approximate surface area is 63.5 Å². The summed E-state index contributed by atoms with van der Waals surface area (Å²) in [7, 11) is 0. The molecule has 0 spiro atoms. The maximum absolute atomic E-state index is 4.62. The molecule has 0 bridgehead atoms. The molecule has 1 heterocycles. The summed E-state index contributed by atoms with van der Waals surface area (Å²) >= 11 is 0. The molecule has 1 aliphatic rings. The van der Waals surface area contributed by atoms with Gasteiger partial charge in [-0.15, -0.1) is 0 Å². The van der Waals surface area contributed by atoms with Crippen molar-refractivity contribution in [1.82, 2.24) is 0 Å². The van der Waals surface area contributed by atoms with Crippen LogP contribution in [0, 0.1) is 5.92 Å². The summed E-state index contributed by atoms with van der Waals surface area (Å²) in [6.45, 7) is 6.69. The van der Waals surface area contributed by atoms with E-state index in [1.165, 1.54) is 25.0 Å². The van der Waals surface area contributed by atoms with E-state index >= 15 is 0 Å². The lowest BCUT2D eigenvalue weighted by Crippen LogP contribution is -2.02. The van der Waals surface area contributed by atoms with E-state index in [-0.39, 0.29) is 0 Å². The van der Waals surface area contributed by atoms with Crippen molar-refractivity contribution in [2.45, 2.75) is 46.1 Å². The Hall–Kier alpha value is -0.330. The Morgan fingerprint density at radius 2 is 2.30 bits per heavy atom. The largest absolute Gasteiger partial charge is 0.291 e. The van der Waals surface area contributed by atoms with E-state index in [9.17, 15) is 0 Å². The lowest BCUT2D eigenvalue weighted by atomic mass is 10.0. The van der Waals surface area contributed by atoms with Gasteiger partial charge in [-0.2, -0.15) is 0 Å². The number of rotatable bonds is 2. The van der Waals surface area contributed by atoms with Gasteiger partial charge in [-0.05, 0) is 25.2 Å². The third kappa shape index (κ3) is 1.59. The molecule has 1 atom stereocenters. The smallest absolute Gasteiger partial charge is 0.0500 e. The van der Waals surface area contributed by atoms with Crippen LogP contribution in [-0.2, 0) is 0 Å². The van der Waals surface area contributed by atoms with Gasteiger partial charge < -0.3 is 0 Å². The van der Waals surface area contributed by atoms with Crippen LogP contribution in [0.15, 0.2) is 4.99 Å². The van der Waals surface area contributed by atoms with Crippen LogP contribution in [0.4, 0.5) is 0 Å². The fourth-order valence-electron chi connectivity index (χ4n) is 1.41. The van der Waals surface area contributed by atoms with Gasteiger partial charge in [0.15, 0.2) is 0 Å². The molecule has 0 fully saturated rings. The fourth-order valence-corrected chi connectivity index (χ4v) is 1.41. The Kier molecular flexibility index (Phi) is 2.47. The summed E-state index contributed by atoms with van der Waals surface area (Å²) < 4.78 is 0. The summed E-state index contributed by atoms with van der Waals surface area (Å²) in [6.07, 6.45) is 3.76. The first-order valence-electron chi connectivity index (χ1n) is 4.30. The van der Waals surface area contributed by atoms with E-state index in [4.69, 9.17) is 0 Å². The fraction of sp³-hybridized carbons (Fsp3) is 0.889. The summed E-state index contributed by atoms with van der Waals surface area (Å²) in [4.78, 5) is 4.62. The number of nitrogens with zero attached hydrogens (tertiary/aromatic N) is 1. The molecule has 0 aromatic carbocycles. The molecule has 1 aliphatic heterocycles. The van der Waals surface area contributed by atoms with Crippen molar-refractivity contribution in [3.05, 3.63) is 0 Å². The second-order valence-electron chi connectivity index (χ2n) is 3.38. The van der Waals surface area contributed by atoms with Crippen LogP contribution in [0.25, 0.3) is 0 Å². The molecule has 10 heavy (non-hydrogen) atoms. The highest BCUT2D eigenvalue weighted by atomic mass is 14.8. The van der Waals surface area contributed by atoms with Gasteiger partial charge in [-0.3, -0.25) is 4.99 Å². The van der Waals surface area contributed by atoms with Crippen LogP contribution in [0.2, 0.25) is 0 Å². The minimum Gasteiger partial charge on any atom is -0.291 e. The number of hydrogen-bond acceptors (Lipinski definition) is 1. The Morgan fingerprint density at radius 1 is 1.60 bits per heavy atom. The molecule has 0 aromatic rings. The van der Waals surface area contributed by atoms with Crippen LogP contribution >= 0.6 is 0 Å². The third-order valence-electron chi connectivity index (χ3n) is 2.22. The molecule has 0 N–H and O–H groups in total. The lowest BCUT2D eigenvalue weighted by molar-refractivity contribution is 0.649. The van der Waals surface area contributed by atoms with Crippen LogP contribution in [0.3, 0.4) is 0 Å². The molecule has 0 saturated carbocycles. The number of aliphatic imine (C=N–C) groups is 1. The first-order valence-corrected chi connectivity index (χ1v) is 4.30. The zero-order valence-corrected chi connectivity index (χ0v) is 7.22. The second kappa shape index (κ2) is 3.18. The Balaban J connectivity index is 2.48. The van der Waals surface area contributed by atoms with Gasteiger partial charge in [-0.25, -0.2) is 0 Å². The van der Waals surface area contributed by atoms with Gasteiger partial charge in [0.2, 0.25) is 0 Å². The quantitative estimate of drug-likeness (QED) is 0.557. The third-order valence-corrected chi connectivity index (χ3v) is 2.22. The zero-order chi connectivity index (χ0) is 7.56. The highest BCUT2D eigenvalue weighted by molar-refractivity contribution is 5.87. The van der Waals surface area contributed by atoms with E-state index < -0.39 is 0 Å². The molecule has 1 nitrogen and oxygen atoms in total. The molecular formula is C9H17N. The van der Waals surface area contributed by atoms with Crippen LogP contribution < -0.4 is 0 Å². The summed E-state index contributed by atoms with van der Waals surface area (Å²) in [5.74, 6) is 0.677. The predicted molar refractivity (Wildman–Crippen MR) is 45.6 cm³/mol. The van der Waals surface area contributed by atoms with Crippen molar-refractivity contribution < 1.29 is 0 Å². The minimum absolute atomic E-state index is 0.650. The van der Waals surface area contributed by atoms with Gasteiger partial charge in [0.25, 0.3) is 0 Å².